The molecule has 3 N–H and O–H groups in total. The molecule has 3 rings (SSSR count). The third kappa shape index (κ3) is 2.69. The topological polar surface area (TPSA) is 47.3 Å². The Bertz CT molecular complexity index is 555. The minimum Gasteiger partial charge on any atom is -0.488 e. The smallest absolute Gasteiger partial charge is 0.123 e. The Morgan fingerprint density at radius 1 is 1.20 bits per heavy atom. The van der Waals surface area contributed by atoms with Crippen LogP contribution in [0.2, 0.25) is 0 Å². The zero-order chi connectivity index (χ0) is 13.9. The van der Waals surface area contributed by atoms with Crippen LogP contribution in [0.5, 0.6) is 5.75 Å². The van der Waals surface area contributed by atoms with Crippen LogP contribution in [-0.4, -0.2) is 12.1 Å². The maximum Gasteiger partial charge on any atom is 0.123 e. The number of fused-ring (bicyclic) bond motifs is 1. The molecule has 0 saturated carbocycles. The average molecular weight is 268 g/mol. The molecule has 2 aromatic rings. The van der Waals surface area contributed by atoms with Gasteiger partial charge in [0, 0.05) is 6.42 Å². The third-order valence-corrected chi connectivity index (χ3v) is 3.91. The summed E-state index contributed by atoms with van der Waals surface area (Å²) in [6.45, 7) is 2.10. The van der Waals surface area contributed by atoms with Gasteiger partial charge in [-0.3, -0.25) is 11.3 Å². The quantitative estimate of drug-likeness (QED) is 0.661. The van der Waals surface area contributed by atoms with Crippen LogP contribution in [0.4, 0.5) is 0 Å². The molecule has 1 heterocycles. The number of nitrogens with one attached hydrogen (secondary N) is 1. The average Bonchev–Trinajstić information content (AvgIpc) is 2.90. The Hall–Kier alpha value is -1.84. The van der Waals surface area contributed by atoms with Gasteiger partial charge < -0.3 is 4.74 Å². The lowest BCUT2D eigenvalue weighted by atomic mass is 9.98. The molecule has 20 heavy (non-hydrogen) atoms. The van der Waals surface area contributed by atoms with Crippen molar-refractivity contribution in [3.63, 3.8) is 0 Å². The predicted octanol–water partition coefficient (Wildman–Crippen LogP) is 2.37. The second-order valence-electron chi connectivity index (χ2n) is 5.43. The van der Waals surface area contributed by atoms with Crippen molar-refractivity contribution in [2.45, 2.75) is 31.9 Å². The van der Waals surface area contributed by atoms with Gasteiger partial charge >= 0.3 is 0 Å². The van der Waals surface area contributed by atoms with Crippen LogP contribution in [0.15, 0.2) is 48.5 Å². The van der Waals surface area contributed by atoms with Crippen LogP contribution in [-0.2, 0) is 12.8 Å². The van der Waals surface area contributed by atoms with Gasteiger partial charge in [0.2, 0.25) is 0 Å². The fourth-order valence-electron chi connectivity index (χ4n) is 2.71. The van der Waals surface area contributed by atoms with Crippen molar-refractivity contribution in [1.29, 1.82) is 0 Å². The number of hydrogen-bond acceptors (Lipinski definition) is 3. The number of hydrogen-bond donors (Lipinski definition) is 2. The molecule has 3 heteroatoms. The molecule has 0 radical (unpaired) electrons. The van der Waals surface area contributed by atoms with Crippen molar-refractivity contribution in [3.05, 3.63) is 65.2 Å². The van der Waals surface area contributed by atoms with Crippen molar-refractivity contribution < 1.29 is 4.74 Å². The van der Waals surface area contributed by atoms with E-state index in [1.807, 2.05) is 12.1 Å². The molecule has 1 aliphatic rings. The Balaban J connectivity index is 1.71. The molecule has 2 unspecified atom stereocenters. The first-order valence-corrected chi connectivity index (χ1v) is 7.02. The van der Waals surface area contributed by atoms with E-state index in [1.54, 1.807) is 0 Å². The Labute approximate surface area is 119 Å². The van der Waals surface area contributed by atoms with E-state index < -0.39 is 0 Å². The number of para-hydroxylation sites is 1. The number of aryl methyl sites for hydroxylation is 1. The second-order valence-corrected chi connectivity index (χ2v) is 5.43. The van der Waals surface area contributed by atoms with E-state index in [-0.39, 0.29) is 12.1 Å². The van der Waals surface area contributed by atoms with Crippen LogP contribution in [0.25, 0.3) is 0 Å². The lowest BCUT2D eigenvalue weighted by molar-refractivity contribution is 0.177. The predicted molar refractivity (Wildman–Crippen MR) is 80.6 cm³/mol. The van der Waals surface area contributed by atoms with Crippen LogP contribution in [0.3, 0.4) is 0 Å². The van der Waals surface area contributed by atoms with Gasteiger partial charge in [0.15, 0.2) is 0 Å². The fourth-order valence-corrected chi connectivity index (χ4v) is 2.71. The highest BCUT2D eigenvalue weighted by molar-refractivity contribution is 5.38. The Morgan fingerprint density at radius 2 is 1.95 bits per heavy atom. The van der Waals surface area contributed by atoms with Crippen molar-refractivity contribution in [2.75, 3.05) is 0 Å². The van der Waals surface area contributed by atoms with Crippen LogP contribution >= 0.6 is 0 Å². The van der Waals surface area contributed by atoms with Crippen LogP contribution in [0, 0.1) is 6.92 Å². The molecule has 0 spiro atoms. The first kappa shape index (κ1) is 13.2. The summed E-state index contributed by atoms with van der Waals surface area (Å²) >= 11 is 0. The molecule has 0 saturated heterocycles. The van der Waals surface area contributed by atoms with Gasteiger partial charge in [-0.15, -0.1) is 0 Å². The number of nitrogens with two attached hydrogens (primary N) is 1. The summed E-state index contributed by atoms with van der Waals surface area (Å²) in [5.41, 5.74) is 6.73. The summed E-state index contributed by atoms with van der Waals surface area (Å²) < 4.78 is 6.01. The number of benzene rings is 2. The van der Waals surface area contributed by atoms with Crippen molar-refractivity contribution in [2.24, 2.45) is 5.84 Å². The molecule has 2 atom stereocenters. The summed E-state index contributed by atoms with van der Waals surface area (Å²) in [5, 5.41) is 0. The molecule has 0 aromatic heterocycles. The highest BCUT2D eigenvalue weighted by Gasteiger charge is 2.29. The molecular formula is C17H20N2O. The standard InChI is InChI=1S/C17H20N2O/c1-12-6-8-13(9-7-12)10-15(19-18)17-11-14-4-2-3-5-16(14)20-17/h2-9,15,17,19H,10-11,18H2,1H3. The Kier molecular flexibility index (Phi) is 3.72. The number of ether oxygens (including phenoxy) is 1. The summed E-state index contributed by atoms with van der Waals surface area (Å²) in [6, 6.07) is 16.9. The van der Waals surface area contributed by atoms with E-state index in [0.29, 0.717) is 0 Å². The molecular weight excluding hydrogens is 248 g/mol. The zero-order valence-corrected chi connectivity index (χ0v) is 11.7. The SMILES string of the molecule is Cc1ccc(CC(NN)C2Cc3ccccc3O2)cc1. The maximum absolute atomic E-state index is 6.01. The summed E-state index contributed by atoms with van der Waals surface area (Å²) in [5.74, 6) is 6.72. The van der Waals surface area contributed by atoms with E-state index in [9.17, 15) is 0 Å². The van der Waals surface area contributed by atoms with E-state index >= 15 is 0 Å². The lowest BCUT2D eigenvalue weighted by Crippen LogP contribution is -2.47. The van der Waals surface area contributed by atoms with Gasteiger partial charge in [0.25, 0.3) is 0 Å². The molecule has 1 aliphatic heterocycles. The molecule has 104 valence electrons. The van der Waals surface area contributed by atoms with E-state index in [2.05, 4.69) is 48.7 Å². The highest BCUT2D eigenvalue weighted by atomic mass is 16.5. The lowest BCUT2D eigenvalue weighted by Gasteiger charge is -2.22. The minimum absolute atomic E-state index is 0.0960. The fraction of sp³-hybridized carbons (Fsp3) is 0.294. The van der Waals surface area contributed by atoms with Gasteiger partial charge in [-0.25, -0.2) is 0 Å². The molecule has 0 fully saturated rings. The van der Waals surface area contributed by atoms with E-state index in [1.165, 1.54) is 16.7 Å². The van der Waals surface area contributed by atoms with E-state index in [0.717, 1.165) is 18.6 Å². The molecule has 0 bridgehead atoms. The summed E-state index contributed by atoms with van der Waals surface area (Å²) in [7, 11) is 0. The van der Waals surface area contributed by atoms with Gasteiger partial charge in [0.1, 0.15) is 11.9 Å². The van der Waals surface area contributed by atoms with Crippen molar-refractivity contribution in [1.82, 2.24) is 5.43 Å². The molecule has 0 aliphatic carbocycles. The van der Waals surface area contributed by atoms with Gasteiger partial charge in [-0.2, -0.15) is 0 Å². The first-order valence-electron chi connectivity index (χ1n) is 7.02. The first-order chi connectivity index (χ1) is 9.76. The monoisotopic (exact) mass is 268 g/mol. The van der Waals surface area contributed by atoms with E-state index in [4.69, 9.17) is 10.6 Å². The second kappa shape index (κ2) is 5.65. The molecule has 2 aromatic carbocycles. The van der Waals surface area contributed by atoms with Crippen LogP contribution < -0.4 is 16.0 Å². The highest BCUT2D eigenvalue weighted by Crippen LogP contribution is 2.30. The largest absolute Gasteiger partial charge is 0.488 e. The number of rotatable bonds is 4. The van der Waals surface area contributed by atoms with Crippen molar-refractivity contribution in [3.8, 4) is 5.75 Å². The summed E-state index contributed by atoms with van der Waals surface area (Å²) in [4.78, 5) is 0. The summed E-state index contributed by atoms with van der Waals surface area (Å²) in [6.07, 6.45) is 1.88. The maximum atomic E-state index is 6.01. The van der Waals surface area contributed by atoms with Crippen LogP contribution in [0.1, 0.15) is 16.7 Å². The van der Waals surface area contributed by atoms with Gasteiger partial charge in [0.05, 0.1) is 6.04 Å². The number of hydrazine groups is 1. The van der Waals surface area contributed by atoms with Gasteiger partial charge in [-0.05, 0) is 30.5 Å². The Morgan fingerprint density at radius 3 is 2.65 bits per heavy atom. The van der Waals surface area contributed by atoms with Crippen molar-refractivity contribution >= 4 is 0 Å². The van der Waals surface area contributed by atoms with Gasteiger partial charge in [-0.1, -0.05) is 48.0 Å². The third-order valence-electron chi connectivity index (χ3n) is 3.91. The molecule has 3 nitrogen and oxygen atoms in total. The molecule has 0 amide bonds. The zero-order valence-electron chi connectivity index (χ0n) is 11.7. The minimum atomic E-state index is 0.0960. The normalized spacial score (nSPS) is 18.4.